The van der Waals surface area contributed by atoms with Crippen LogP contribution in [0.5, 0.6) is 0 Å². The lowest BCUT2D eigenvalue weighted by atomic mass is 9.99. The Bertz CT molecular complexity index is 938. The van der Waals surface area contributed by atoms with Crippen molar-refractivity contribution < 1.29 is 4.79 Å². The Morgan fingerprint density at radius 3 is 2.48 bits per heavy atom. The van der Waals surface area contributed by atoms with E-state index in [9.17, 15) is 4.79 Å². The van der Waals surface area contributed by atoms with E-state index >= 15 is 0 Å². The highest BCUT2D eigenvalue weighted by Gasteiger charge is 2.20. The molecule has 138 valence electrons. The lowest BCUT2D eigenvalue weighted by Crippen LogP contribution is -2.49. The van der Waals surface area contributed by atoms with Gasteiger partial charge in [0.2, 0.25) is 5.91 Å². The summed E-state index contributed by atoms with van der Waals surface area (Å²) in [6.07, 6.45) is 8.23. The first-order valence-electron chi connectivity index (χ1n) is 9.81. The van der Waals surface area contributed by atoms with Crippen LogP contribution in [0.4, 0.5) is 0 Å². The molecule has 2 aromatic rings. The molecule has 3 heteroatoms. The van der Waals surface area contributed by atoms with Crippen LogP contribution in [-0.2, 0) is 4.79 Å². The minimum atomic E-state index is 0.115. The van der Waals surface area contributed by atoms with Crippen LogP contribution < -0.4 is 10.4 Å². The van der Waals surface area contributed by atoms with Crippen molar-refractivity contribution in [2.75, 3.05) is 32.7 Å². The van der Waals surface area contributed by atoms with E-state index in [4.69, 9.17) is 0 Å². The van der Waals surface area contributed by atoms with Crippen molar-refractivity contribution >= 4 is 23.6 Å². The Hall–Kier alpha value is -2.65. The van der Waals surface area contributed by atoms with Crippen molar-refractivity contribution in [3.8, 4) is 0 Å². The zero-order chi connectivity index (χ0) is 18.5. The van der Waals surface area contributed by atoms with Crippen molar-refractivity contribution in [1.29, 1.82) is 0 Å². The average Bonchev–Trinajstić information content (AvgIpc) is 2.74. The van der Waals surface area contributed by atoms with E-state index < -0.39 is 0 Å². The minimum Gasteiger partial charge on any atom is -0.337 e. The van der Waals surface area contributed by atoms with E-state index in [0.29, 0.717) is 0 Å². The largest absolute Gasteiger partial charge is 0.337 e. The van der Waals surface area contributed by atoms with Gasteiger partial charge in [-0.3, -0.25) is 9.69 Å². The number of carbonyl (C=O) groups excluding carboxylic acids is 1. The normalized spacial score (nSPS) is 17.6. The number of piperazine rings is 1. The van der Waals surface area contributed by atoms with Crippen LogP contribution in [-0.4, -0.2) is 48.4 Å². The van der Waals surface area contributed by atoms with Gasteiger partial charge in [0.05, 0.1) is 0 Å². The highest BCUT2D eigenvalue weighted by molar-refractivity contribution is 5.91. The second kappa shape index (κ2) is 8.36. The van der Waals surface area contributed by atoms with Gasteiger partial charge in [-0.05, 0) is 40.5 Å². The summed E-state index contributed by atoms with van der Waals surface area (Å²) >= 11 is 0. The van der Waals surface area contributed by atoms with Crippen LogP contribution in [0.2, 0.25) is 0 Å². The fourth-order valence-corrected chi connectivity index (χ4v) is 3.93. The van der Waals surface area contributed by atoms with Gasteiger partial charge in [0.15, 0.2) is 0 Å². The lowest BCUT2D eigenvalue weighted by Gasteiger charge is -2.35. The SMILES string of the molecule is O=C(/C=C/c1ccccc1)N1CCN(CC2=c3ccccc3=CCC2)CC1. The third kappa shape index (κ3) is 4.37. The van der Waals surface area contributed by atoms with Crippen LogP contribution in [0.1, 0.15) is 18.4 Å². The summed E-state index contributed by atoms with van der Waals surface area (Å²) < 4.78 is 0. The van der Waals surface area contributed by atoms with Crippen LogP contribution in [0.25, 0.3) is 17.7 Å². The molecule has 1 aliphatic carbocycles. The third-order valence-corrected chi connectivity index (χ3v) is 5.47. The van der Waals surface area contributed by atoms with Crippen LogP contribution in [0.3, 0.4) is 0 Å². The Labute approximate surface area is 160 Å². The van der Waals surface area contributed by atoms with Gasteiger partial charge in [-0.25, -0.2) is 0 Å². The second-order valence-corrected chi connectivity index (χ2v) is 7.28. The molecular formula is C24H26N2O. The van der Waals surface area contributed by atoms with Gasteiger partial charge in [0, 0.05) is 38.8 Å². The van der Waals surface area contributed by atoms with E-state index in [0.717, 1.165) is 51.1 Å². The quantitative estimate of drug-likeness (QED) is 0.783. The lowest BCUT2D eigenvalue weighted by molar-refractivity contribution is -0.127. The number of benzene rings is 2. The maximum absolute atomic E-state index is 12.4. The summed E-state index contributed by atoms with van der Waals surface area (Å²) in [5, 5.41) is 2.78. The van der Waals surface area contributed by atoms with Crippen LogP contribution >= 0.6 is 0 Å². The topological polar surface area (TPSA) is 23.6 Å². The highest BCUT2D eigenvalue weighted by atomic mass is 16.2. The number of amides is 1. The van der Waals surface area contributed by atoms with E-state index in [1.54, 1.807) is 6.08 Å². The molecule has 0 spiro atoms. The predicted molar refractivity (Wildman–Crippen MR) is 111 cm³/mol. The fourth-order valence-electron chi connectivity index (χ4n) is 3.93. The molecule has 1 fully saturated rings. The van der Waals surface area contributed by atoms with Crippen LogP contribution in [0, 0.1) is 0 Å². The molecule has 27 heavy (non-hydrogen) atoms. The Kier molecular flexibility index (Phi) is 5.50. The minimum absolute atomic E-state index is 0.115. The van der Waals surface area contributed by atoms with Crippen molar-refractivity contribution in [3.63, 3.8) is 0 Å². The molecule has 0 radical (unpaired) electrons. The molecule has 4 rings (SSSR count). The van der Waals surface area contributed by atoms with Crippen molar-refractivity contribution in [2.45, 2.75) is 12.8 Å². The number of fused-ring (bicyclic) bond motifs is 1. The molecular weight excluding hydrogens is 332 g/mol. The molecule has 3 nitrogen and oxygen atoms in total. The summed E-state index contributed by atoms with van der Waals surface area (Å²) in [6.45, 7) is 4.52. The van der Waals surface area contributed by atoms with Gasteiger partial charge in [-0.1, -0.05) is 60.7 Å². The molecule has 1 aliphatic heterocycles. The fraction of sp³-hybridized carbons (Fsp3) is 0.292. The number of hydrogen-bond donors (Lipinski definition) is 0. The van der Waals surface area contributed by atoms with Gasteiger partial charge in [0.1, 0.15) is 0 Å². The predicted octanol–water partition coefficient (Wildman–Crippen LogP) is 2.27. The standard InChI is InChI=1S/C24H26N2O/c27-24(14-13-20-7-2-1-3-8-20)26-17-15-25(16-18-26)19-22-11-6-10-21-9-4-5-12-23(21)22/h1-5,7-10,12-14H,6,11,15-19H2/b14-13+. The molecule has 1 amide bonds. The molecule has 0 saturated carbocycles. The number of rotatable bonds is 4. The maximum Gasteiger partial charge on any atom is 0.246 e. The summed E-state index contributed by atoms with van der Waals surface area (Å²) in [5.74, 6) is 0.115. The molecule has 0 bridgehead atoms. The summed E-state index contributed by atoms with van der Waals surface area (Å²) in [6, 6.07) is 18.7. The molecule has 0 aromatic heterocycles. The Morgan fingerprint density at radius 2 is 1.67 bits per heavy atom. The number of nitrogens with zero attached hydrogens (tertiary/aromatic N) is 2. The number of carbonyl (C=O) groups is 1. The Balaban J connectivity index is 1.35. The highest BCUT2D eigenvalue weighted by Crippen LogP contribution is 2.13. The third-order valence-electron chi connectivity index (χ3n) is 5.47. The van der Waals surface area contributed by atoms with Crippen molar-refractivity contribution in [2.24, 2.45) is 0 Å². The van der Waals surface area contributed by atoms with Crippen molar-refractivity contribution in [3.05, 3.63) is 76.7 Å². The maximum atomic E-state index is 12.4. The van der Waals surface area contributed by atoms with Gasteiger partial charge < -0.3 is 4.90 Å². The summed E-state index contributed by atoms with van der Waals surface area (Å²) in [4.78, 5) is 16.9. The second-order valence-electron chi connectivity index (χ2n) is 7.28. The zero-order valence-corrected chi connectivity index (χ0v) is 15.7. The first-order valence-corrected chi connectivity index (χ1v) is 9.81. The molecule has 1 saturated heterocycles. The number of hydrogen-bond acceptors (Lipinski definition) is 2. The molecule has 0 atom stereocenters. The monoisotopic (exact) mass is 358 g/mol. The van der Waals surface area contributed by atoms with Gasteiger partial charge in [-0.2, -0.15) is 0 Å². The molecule has 1 heterocycles. The van der Waals surface area contributed by atoms with Crippen molar-refractivity contribution in [1.82, 2.24) is 9.80 Å². The first kappa shape index (κ1) is 17.7. The average molecular weight is 358 g/mol. The van der Waals surface area contributed by atoms with E-state index in [1.165, 1.54) is 16.0 Å². The molecule has 2 aromatic carbocycles. The van der Waals surface area contributed by atoms with Gasteiger partial charge in [0.25, 0.3) is 0 Å². The van der Waals surface area contributed by atoms with Gasteiger partial charge >= 0.3 is 0 Å². The Morgan fingerprint density at radius 1 is 0.926 bits per heavy atom. The van der Waals surface area contributed by atoms with Gasteiger partial charge in [-0.15, -0.1) is 0 Å². The van der Waals surface area contributed by atoms with E-state index in [-0.39, 0.29) is 5.91 Å². The summed E-state index contributed by atoms with van der Waals surface area (Å²) in [5.41, 5.74) is 2.60. The van der Waals surface area contributed by atoms with E-state index in [2.05, 4.69) is 35.2 Å². The molecule has 2 aliphatic rings. The van der Waals surface area contributed by atoms with E-state index in [1.807, 2.05) is 41.3 Å². The molecule has 0 unspecified atom stereocenters. The van der Waals surface area contributed by atoms with Crippen LogP contribution in [0.15, 0.2) is 60.7 Å². The smallest absolute Gasteiger partial charge is 0.246 e. The molecule has 0 N–H and O–H groups in total. The summed E-state index contributed by atoms with van der Waals surface area (Å²) in [7, 11) is 0. The first-order chi connectivity index (χ1) is 13.3. The zero-order valence-electron chi connectivity index (χ0n) is 15.7.